The third-order valence-corrected chi connectivity index (χ3v) is 3.71. The van der Waals surface area contributed by atoms with Crippen molar-refractivity contribution in [1.29, 1.82) is 0 Å². The minimum absolute atomic E-state index is 0.403. The molecule has 0 fully saturated rings. The molecule has 112 valence electrons. The van der Waals surface area contributed by atoms with Crippen LogP contribution in [0.5, 0.6) is 5.75 Å². The maximum Gasteiger partial charge on any atom is 0.265 e. The lowest BCUT2D eigenvalue weighted by molar-refractivity contribution is 0.0997. The van der Waals surface area contributed by atoms with Crippen molar-refractivity contribution in [3.63, 3.8) is 0 Å². The normalized spacial score (nSPS) is 10.6. The summed E-state index contributed by atoms with van der Waals surface area (Å²) in [6.07, 6.45) is 0. The first kappa shape index (κ1) is 14.0. The van der Waals surface area contributed by atoms with Gasteiger partial charge >= 0.3 is 0 Å². The Balaban J connectivity index is 2.25. The summed E-state index contributed by atoms with van der Waals surface area (Å²) in [6, 6.07) is 13.5. The van der Waals surface area contributed by atoms with E-state index < -0.39 is 5.91 Å². The largest absolute Gasteiger partial charge is 0.497 e. The number of fused-ring (bicyclic) bond motifs is 1. The van der Waals surface area contributed by atoms with Crippen LogP contribution in [-0.4, -0.2) is 25.0 Å². The molecule has 4 N–H and O–H groups in total. The monoisotopic (exact) mass is 295 g/mol. The maximum absolute atomic E-state index is 11.8. The molecule has 0 radical (unpaired) electrons. The third kappa shape index (κ3) is 2.26. The fourth-order valence-electron chi connectivity index (χ4n) is 2.59. The standard InChI is InChI=1S/C17H17N3O2/c1-19-11-5-3-10(4-6-11)15-13-8-7-12(22-2)9-14(13)20-16(15)17(18)21/h3-9,19-20H,1-2H3,(H2,18,21). The number of aromatic nitrogens is 1. The number of ether oxygens (including phenoxy) is 1. The minimum Gasteiger partial charge on any atom is -0.497 e. The van der Waals surface area contributed by atoms with Gasteiger partial charge in [0.2, 0.25) is 0 Å². The highest BCUT2D eigenvalue weighted by Gasteiger charge is 2.17. The molecule has 1 heterocycles. The first-order valence-electron chi connectivity index (χ1n) is 6.91. The Morgan fingerprint density at radius 3 is 2.50 bits per heavy atom. The number of carbonyl (C=O) groups excluding carboxylic acids is 1. The van der Waals surface area contributed by atoms with Gasteiger partial charge in [-0.1, -0.05) is 12.1 Å². The van der Waals surface area contributed by atoms with Gasteiger partial charge in [0.05, 0.1) is 12.6 Å². The number of nitrogens with one attached hydrogen (secondary N) is 2. The number of rotatable bonds is 4. The van der Waals surface area contributed by atoms with Gasteiger partial charge in [0.1, 0.15) is 11.4 Å². The number of H-pyrrole nitrogens is 1. The summed E-state index contributed by atoms with van der Waals surface area (Å²) in [4.78, 5) is 14.9. The summed E-state index contributed by atoms with van der Waals surface area (Å²) in [5.41, 5.74) is 9.50. The quantitative estimate of drug-likeness (QED) is 0.692. The van der Waals surface area contributed by atoms with Gasteiger partial charge in [0.15, 0.2) is 0 Å². The number of nitrogens with two attached hydrogens (primary N) is 1. The molecule has 0 saturated heterocycles. The Labute approximate surface area is 128 Å². The van der Waals surface area contributed by atoms with Gasteiger partial charge in [0, 0.05) is 29.8 Å². The molecular formula is C17H17N3O2. The predicted octanol–water partition coefficient (Wildman–Crippen LogP) is 2.98. The van der Waals surface area contributed by atoms with Crippen molar-refractivity contribution in [3.8, 4) is 16.9 Å². The lowest BCUT2D eigenvalue weighted by Crippen LogP contribution is -2.12. The van der Waals surface area contributed by atoms with Gasteiger partial charge < -0.3 is 20.8 Å². The topological polar surface area (TPSA) is 80.1 Å². The first-order chi connectivity index (χ1) is 10.6. The summed E-state index contributed by atoms with van der Waals surface area (Å²) in [5.74, 6) is 0.240. The molecule has 0 aliphatic rings. The van der Waals surface area contributed by atoms with E-state index in [1.807, 2.05) is 49.5 Å². The number of hydrogen-bond donors (Lipinski definition) is 3. The molecule has 3 aromatic rings. The zero-order valence-electron chi connectivity index (χ0n) is 12.4. The number of methoxy groups -OCH3 is 1. The molecule has 3 rings (SSSR count). The van der Waals surface area contributed by atoms with E-state index in [0.717, 1.165) is 33.5 Å². The average molecular weight is 295 g/mol. The molecule has 0 spiro atoms. The lowest BCUT2D eigenvalue weighted by Gasteiger charge is -2.05. The molecule has 2 aromatic carbocycles. The summed E-state index contributed by atoms with van der Waals surface area (Å²) >= 11 is 0. The fourth-order valence-corrected chi connectivity index (χ4v) is 2.59. The van der Waals surface area contributed by atoms with Crippen LogP contribution in [0.25, 0.3) is 22.0 Å². The Hall–Kier alpha value is -2.95. The molecule has 0 aliphatic carbocycles. The van der Waals surface area contributed by atoms with Crippen LogP contribution in [0.3, 0.4) is 0 Å². The molecule has 5 heteroatoms. The fraction of sp³-hybridized carbons (Fsp3) is 0.118. The van der Waals surface area contributed by atoms with Gasteiger partial charge in [-0.2, -0.15) is 0 Å². The SMILES string of the molecule is CNc1ccc(-c2c(C(N)=O)[nH]c3cc(OC)ccc23)cc1. The number of anilines is 1. The van der Waals surface area contributed by atoms with Crippen LogP contribution in [0.1, 0.15) is 10.5 Å². The third-order valence-electron chi connectivity index (χ3n) is 3.71. The number of amides is 1. The minimum atomic E-state index is -0.483. The Morgan fingerprint density at radius 2 is 1.91 bits per heavy atom. The molecule has 1 aromatic heterocycles. The van der Waals surface area contributed by atoms with Crippen molar-refractivity contribution < 1.29 is 9.53 Å². The van der Waals surface area contributed by atoms with Crippen LogP contribution < -0.4 is 15.8 Å². The lowest BCUT2D eigenvalue weighted by atomic mass is 10.0. The molecule has 0 aliphatic heterocycles. The summed E-state index contributed by atoms with van der Waals surface area (Å²) in [6.45, 7) is 0. The van der Waals surface area contributed by atoms with Crippen molar-refractivity contribution in [2.75, 3.05) is 19.5 Å². The number of carbonyl (C=O) groups is 1. The number of primary amides is 1. The zero-order chi connectivity index (χ0) is 15.7. The number of aromatic amines is 1. The van der Waals surface area contributed by atoms with E-state index in [-0.39, 0.29) is 0 Å². The van der Waals surface area contributed by atoms with Crippen molar-refractivity contribution >= 4 is 22.5 Å². The van der Waals surface area contributed by atoms with Gasteiger partial charge in [-0.3, -0.25) is 4.79 Å². The highest BCUT2D eigenvalue weighted by atomic mass is 16.5. The van der Waals surface area contributed by atoms with E-state index in [9.17, 15) is 4.79 Å². The summed E-state index contributed by atoms with van der Waals surface area (Å²) < 4.78 is 5.22. The Bertz CT molecular complexity index is 835. The van der Waals surface area contributed by atoms with Gasteiger partial charge in [-0.05, 0) is 29.8 Å². The second-order valence-electron chi connectivity index (χ2n) is 4.98. The molecular weight excluding hydrogens is 278 g/mol. The molecule has 0 bridgehead atoms. The first-order valence-corrected chi connectivity index (χ1v) is 6.91. The van der Waals surface area contributed by atoms with Crippen molar-refractivity contribution in [1.82, 2.24) is 4.98 Å². The van der Waals surface area contributed by atoms with E-state index in [1.165, 1.54) is 0 Å². The van der Waals surface area contributed by atoms with Crippen LogP contribution in [0.4, 0.5) is 5.69 Å². The van der Waals surface area contributed by atoms with Crippen LogP contribution in [0.2, 0.25) is 0 Å². The molecule has 0 saturated carbocycles. The second-order valence-corrected chi connectivity index (χ2v) is 4.98. The Morgan fingerprint density at radius 1 is 1.18 bits per heavy atom. The number of benzene rings is 2. The molecule has 0 unspecified atom stereocenters. The van der Waals surface area contributed by atoms with E-state index in [0.29, 0.717) is 5.69 Å². The highest BCUT2D eigenvalue weighted by Crippen LogP contribution is 2.34. The van der Waals surface area contributed by atoms with E-state index in [1.54, 1.807) is 7.11 Å². The van der Waals surface area contributed by atoms with Crippen molar-refractivity contribution in [2.45, 2.75) is 0 Å². The molecule has 22 heavy (non-hydrogen) atoms. The van der Waals surface area contributed by atoms with Crippen LogP contribution in [0.15, 0.2) is 42.5 Å². The second kappa shape index (κ2) is 5.44. The molecule has 5 nitrogen and oxygen atoms in total. The van der Waals surface area contributed by atoms with E-state index in [4.69, 9.17) is 10.5 Å². The highest BCUT2D eigenvalue weighted by molar-refractivity contribution is 6.09. The predicted molar refractivity (Wildman–Crippen MR) is 88.4 cm³/mol. The zero-order valence-corrected chi connectivity index (χ0v) is 12.4. The van der Waals surface area contributed by atoms with E-state index >= 15 is 0 Å². The summed E-state index contributed by atoms with van der Waals surface area (Å²) in [7, 11) is 3.47. The molecule has 0 atom stereocenters. The van der Waals surface area contributed by atoms with Gasteiger partial charge in [0.25, 0.3) is 5.91 Å². The van der Waals surface area contributed by atoms with Crippen LogP contribution >= 0.6 is 0 Å². The van der Waals surface area contributed by atoms with Gasteiger partial charge in [-0.25, -0.2) is 0 Å². The van der Waals surface area contributed by atoms with Gasteiger partial charge in [-0.15, -0.1) is 0 Å². The smallest absolute Gasteiger partial charge is 0.265 e. The van der Waals surface area contributed by atoms with Crippen LogP contribution in [0, 0.1) is 0 Å². The van der Waals surface area contributed by atoms with Crippen LogP contribution in [-0.2, 0) is 0 Å². The molecule has 1 amide bonds. The van der Waals surface area contributed by atoms with Crippen molar-refractivity contribution in [3.05, 3.63) is 48.2 Å². The number of hydrogen-bond acceptors (Lipinski definition) is 3. The van der Waals surface area contributed by atoms with E-state index in [2.05, 4.69) is 10.3 Å². The van der Waals surface area contributed by atoms with Crippen molar-refractivity contribution in [2.24, 2.45) is 5.73 Å². The average Bonchev–Trinajstić information content (AvgIpc) is 2.93. The Kier molecular flexibility index (Phi) is 3.47. The summed E-state index contributed by atoms with van der Waals surface area (Å²) in [5, 5.41) is 4.01. The maximum atomic E-state index is 11.8.